The van der Waals surface area contributed by atoms with Gasteiger partial charge in [-0.2, -0.15) is 10.2 Å². The summed E-state index contributed by atoms with van der Waals surface area (Å²) in [5.41, 5.74) is 4.82. The number of carbonyl (C=O) groups is 3. The van der Waals surface area contributed by atoms with Gasteiger partial charge in [-0.25, -0.2) is 34.6 Å². The number of hydrogen-bond acceptors (Lipinski definition) is 29. The number of anilines is 1. The average Bonchev–Trinajstić information content (AvgIpc) is 1.61. The Morgan fingerprint density at radius 3 is 1.33 bits per heavy atom. The summed E-state index contributed by atoms with van der Waals surface area (Å²) in [5.74, 6) is 5.24. The molecule has 4 aromatic carbocycles. The van der Waals surface area contributed by atoms with Crippen LogP contribution in [0.2, 0.25) is 0 Å². The molecular formula is C76H96F2N20O14S17. The molecule has 0 bridgehead atoms. The van der Waals surface area contributed by atoms with E-state index in [-0.39, 0.29) is 67.1 Å². The van der Waals surface area contributed by atoms with Crippen molar-refractivity contribution in [2.45, 2.75) is 181 Å². The third-order valence-corrected chi connectivity index (χ3v) is 50.5. The van der Waals surface area contributed by atoms with Crippen LogP contribution in [0.1, 0.15) is 201 Å². The number of amides is 1. The lowest BCUT2D eigenvalue weighted by molar-refractivity contribution is -0.145. The number of H-pyrrole nitrogens is 2. The Morgan fingerprint density at radius 2 is 0.961 bits per heavy atom. The van der Waals surface area contributed by atoms with Crippen LogP contribution in [0.5, 0.6) is 0 Å². The molecule has 129 heavy (non-hydrogen) atoms. The number of aryl methyl sites for hydroxylation is 1. The molecule has 0 aliphatic carbocycles. The van der Waals surface area contributed by atoms with E-state index in [1.807, 2.05) is 72.1 Å². The molecule has 1 amide bonds. The minimum absolute atomic E-state index is 0. The number of aromatic nitrogens is 15. The van der Waals surface area contributed by atoms with E-state index in [4.69, 9.17) is 74.2 Å². The van der Waals surface area contributed by atoms with Crippen LogP contribution < -0.4 is 33.0 Å². The number of ether oxygens (including phenoxy) is 8. The number of aromatic amines is 2. The second kappa shape index (κ2) is 48.9. The zero-order valence-corrected chi connectivity index (χ0v) is 85.0. The van der Waals surface area contributed by atoms with Gasteiger partial charge in [0.25, 0.3) is 17.0 Å². The normalized spacial score (nSPS) is 20.1. The van der Waals surface area contributed by atoms with Gasteiger partial charge >= 0.3 is 5.97 Å². The number of aromatic carboxylic acids is 1. The number of rotatable bonds is 11. The van der Waals surface area contributed by atoms with Crippen molar-refractivity contribution >= 4 is 201 Å². The minimum Gasteiger partial charge on any atom is -0.478 e. The molecule has 34 nitrogen and oxygen atoms in total. The van der Waals surface area contributed by atoms with Gasteiger partial charge in [-0.05, 0) is 131 Å². The molecule has 4 saturated heterocycles. The maximum absolute atomic E-state index is 14.9. The molecule has 7 atom stereocenters. The Hall–Kier alpha value is -6.77. The van der Waals surface area contributed by atoms with Crippen molar-refractivity contribution < 1.29 is 70.6 Å². The van der Waals surface area contributed by atoms with Crippen LogP contribution in [0.3, 0.4) is 0 Å². The SMILES string of the molecule is CC1(C)OCC(C=O)O1.CC1CN(C(=O)c2cc(Cc3n[nH]c(=O)c4ccccc34)ccc2F)Cc2nnc(C3COC(C)(C)O3)n21.CC1CNCc2nnc(C3COC(C)(C)O3)n21.CC1CNCc2nnc(C3COC(C)(C)O3)n21.Cc1cncc(NN)n1.O=C(O)c1cc(Cc2n[nH]c(=O)c3ccccc23)ccc1F.S=S=S=S=S=S=S=S=S=S=S=S=S=S=S=S=S.[2H][2H].[HH]. The van der Waals surface area contributed by atoms with Crippen molar-refractivity contribution in [3.63, 3.8) is 0 Å². The third-order valence-electron chi connectivity index (χ3n) is 19.4. The van der Waals surface area contributed by atoms with Crippen LogP contribution in [0, 0.1) is 18.6 Å². The molecule has 53 heteroatoms. The van der Waals surface area contributed by atoms with Crippen LogP contribution in [0.4, 0.5) is 14.6 Å². The summed E-state index contributed by atoms with van der Waals surface area (Å²) in [7, 11) is 25.4. The van der Waals surface area contributed by atoms with Crippen LogP contribution in [0.15, 0.2) is 107 Å². The van der Waals surface area contributed by atoms with Crippen LogP contribution in [-0.4, -0.2) is 178 Å². The molecule has 10 aromatic rings. The number of carbonyl (C=O) groups excluding carboxylic acids is 2. The molecule has 4 fully saturated rings. The molecule has 17 rings (SSSR count). The van der Waals surface area contributed by atoms with Gasteiger partial charge in [0.2, 0.25) is 0 Å². The summed E-state index contributed by atoms with van der Waals surface area (Å²) in [5, 5.41) is 56.8. The number of carboxylic acids is 1. The zero-order valence-electron chi connectivity index (χ0n) is 73.1. The monoisotopic (exact) mass is 2100 g/mol. The molecule has 700 valence electrons. The van der Waals surface area contributed by atoms with Crippen molar-refractivity contribution in [2.24, 2.45) is 5.84 Å². The molecule has 0 saturated carbocycles. The van der Waals surface area contributed by atoms with Gasteiger partial charge < -0.3 is 82.5 Å². The first-order valence-electron chi connectivity index (χ1n) is 40.2. The van der Waals surface area contributed by atoms with Gasteiger partial charge in [-0.1, -0.05) is 48.5 Å². The highest BCUT2D eigenvalue weighted by atomic mass is 33.5. The van der Waals surface area contributed by atoms with E-state index < -0.39 is 46.7 Å². The maximum Gasteiger partial charge on any atom is 0.338 e. The number of nitrogens with two attached hydrogens (primary N) is 1. The fourth-order valence-electron chi connectivity index (χ4n) is 14.0. The van der Waals surface area contributed by atoms with E-state index >= 15 is 0 Å². The first-order chi connectivity index (χ1) is 62.8. The van der Waals surface area contributed by atoms with Gasteiger partial charge in [-0.3, -0.25) is 19.4 Å². The lowest BCUT2D eigenvalue weighted by Gasteiger charge is -2.33. The molecular weight excluding hydrogens is 2000 g/mol. The van der Waals surface area contributed by atoms with Crippen molar-refractivity contribution in [1.29, 1.82) is 0 Å². The number of aldehydes is 1. The van der Waals surface area contributed by atoms with Gasteiger partial charge in [0.15, 0.2) is 58.6 Å². The number of carboxylic acid groups (broad SMARTS) is 1. The number of hydrazine groups is 1. The van der Waals surface area contributed by atoms with E-state index in [0.29, 0.717) is 113 Å². The molecule has 13 heterocycles. The second-order valence-electron chi connectivity index (χ2n) is 30.6. The maximum atomic E-state index is 14.9. The number of nitrogen functional groups attached to an aromatic ring is 1. The second-order valence-corrected chi connectivity index (χ2v) is 57.1. The minimum atomic E-state index is -1.32. The quantitative estimate of drug-likeness (QED) is 0.0366. The average molecular weight is 2100 g/mol. The number of nitrogens with zero attached hydrogens (tertiary/aromatic N) is 14. The Bertz CT molecular complexity index is 6490. The Labute approximate surface area is 796 Å². The number of hydrogen-bond donors (Lipinski definition) is 7. The molecule has 7 aliphatic rings. The first kappa shape index (κ1) is 101. The summed E-state index contributed by atoms with van der Waals surface area (Å²) in [6.45, 7) is 28.9. The summed E-state index contributed by atoms with van der Waals surface area (Å²) in [6.07, 6.45) is 3.69. The third kappa shape index (κ3) is 29.4. The van der Waals surface area contributed by atoms with Crippen molar-refractivity contribution in [3.05, 3.63) is 204 Å². The van der Waals surface area contributed by atoms with E-state index in [1.165, 1.54) is 36.0 Å². The highest BCUT2D eigenvalue weighted by Crippen LogP contribution is 2.38. The van der Waals surface area contributed by atoms with Gasteiger partial charge in [-0.15, -0.1) is 30.6 Å². The lowest BCUT2D eigenvalue weighted by Crippen LogP contribution is -2.41. The van der Waals surface area contributed by atoms with Crippen LogP contribution in [-0.2, 0) is 231 Å². The summed E-state index contributed by atoms with van der Waals surface area (Å²) in [4.78, 5) is 67.9. The molecule has 8 N–H and O–H groups in total. The van der Waals surface area contributed by atoms with E-state index in [1.54, 1.807) is 195 Å². The van der Waals surface area contributed by atoms with Gasteiger partial charge in [0, 0.05) is 222 Å². The molecule has 7 unspecified atom stereocenters. The van der Waals surface area contributed by atoms with Crippen LogP contribution in [0.25, 0.3) is 21.5 Å². The first-order valence-corrected chi connectivity index (χ1v) is 60.6. The summed E-state index contributed by atoms with van der Waals surface area (Å²) < 4.78 is 89.4. The number of benzene rings is 4. The number of halogens is 2. The zero-order chi connectivity index (χ0) is 94.6. The van der Waals surface area contributed by atoms with E-state index in [2.05, 4.69) is 100.0 Å². The van der Waals surface area contributed by atoms with Gasteiger partial charge in [0.1, 0.15) is 47.7 Å². The highest BCUT2D eigenvalue weighted by Gasteiger charge is 2.42. The van der Waals surface area contributed by atoms with Gasteiger partial charge in [0.05, 0.1) is 97.3 Å². The molecule has 6 aromatic heterocycles. The smallest absolute Gasteiger partial charge is 0.338 e. The molecule has 0 radical (unpaired) electrons. The van der Waals surface area contributed by atoms with E-state index in [9.17, 15) is 32.8 Å². The molecule has 7 aliphatic heterocycles. The summed E-state index contributed by atoms with van der Waals surface area (Å²) >= 11 is 9.48. The molecule has 0 spiro atoms. The predicted octanol–water partition coefficient (Wildman–Crippen LogP) is 8.03. The lowest BCUT2D eigenvalue weighted by atomic mass is 10.0. The largest absolute Gasteiger partial charge is 0.478 e. The van der Waals surface area contributed by atoms with E-state index in [0.717, 1.165) is 67.5 Å². The van der Waals surface area contributed by atoms with Crippen LogP contribution >= 0.6 is 0 Å². The number of nitrogens with one attached hydrogen (secondary N) is 5. The van der Waals surface area contributed by atoms with Crippen molar-refractivity contribution in [1.82, 2.24) is 90.2 Å². The predicted molar refractivity (Wildman–Crippen MR) is 529 cm³/mol. The van der Waals surface area contributed by atoms with Crippen molar-refractivity contribution in [2.75, 3.05) is 51.5 Å². The number of fused-ring (bicyclic) bond motifs is 5. The standard InChI is InChI=1S/C27H27FN6O4.C16H11FN2O3.2C11H18N4O2.C6H10O3.C5H8N4.S17.2H2/c1-15-12-33(13-23-30-31-24(34(15)23)22-14-37-27(2,3)38-22)26(36)19-10-16(8-9-20(19)28)11-21-17-6-4-5-7-18(17)25(35)32-29-21;17-13-6-5-9(7-12(13)16(21)22)8-14-10-3-1-2-4-11(10)15(20)19-18-14;2*1-7-4-12-5-9-13-14-10(15(7)9)8-6-16-11(2,3)17-8;1-6(2)8-4-5(3-7)9-6;1-4-2-7-3-5(8-4)9-6;1-3-5-7-9-11-13-15-17-16-14-12-10-8-6-4-2;;/h4-10,15,22H,11-14H2,1-3H3,(H,32,35);1-7H,8H2,(H,19,20)(H,21,22);2*7-8,12H,4-6H2,1-3H3;3,5H,4H2,1-2H3;2-3H,6H2,1H3,(H,8,9);;2*1H/i;;;;;;;1+1D;. The summed E-state index contributed by atoms with van der Waals surface area (Å²) in [6, 6.07) is 23.1. The highest BCUT2D eigenvalue weighted by molar-refractivity contribution is 8.77. The van der Waals surface area contributed by atoms with Crippen molar-refractivity contribution in [3.8, 4) is 0 Å². The topological polar surface area (TPSA) is 420 Å². The Kier molecular flexibility index (Phi) is 38.4. The fraction of sp³-hybridized carbons (Fsp3) is 0.461. The Morgan fingerprint density at radius 1 is 0.566 bits per heavy atom. The Balaban J connectivity index is 0.000000182. The fourth-order valence-corrected chi connectivity index (χ4v) is 49.7.